The lowest BCUT2D eigenvalue weighted by molar-refractivity contribution is -0.00751. The molecule has 0 heterocycles. The van der Waals surface area contributed by atoms with Crippen LogP contribution in [0.25, 0.3) is 10.8 Å². The predicted octanol–water partition coefficient (Wildman–Crippen LogP) is 3.77. The van der Waals surface area contributed by atoms with Gasteiger partial charge in [-0.25, -0.2) is 0 Å². The van der Waals surface area contributed by atoms with Gasteiger partial charge in [0.05, 0.1) is 6.10 Å². The molecule has 0 aromatic heterocycles. The lowest BCUT2D eigenvalue weighted by Crippen LogP contribution is -2.37. The number of hydrogen-bond acceptors (Lipinski definition) is 2. The molecule has 0 spiro atoms. The van der Waals surface area contributed by atoms with Crippen LogP contribution in [-0.4, -0.2) is 17.3 Å². The van der Waals surface area contributed by atoms with E-state index in [0.29, 0.717) is 5.92 Å². The Balaban J connectivity index is 1.80. The molecule has 3 atom stereocenters. The van der Waals surface area contributed by atoms with Crippen molar-refractivity contribution in [2.45, 2.75) is 38.4 Å². The summed E-state index contributed by atoms with van der Waals surface area (Å²) in [6.07, 6.45) is 2.49. The topological polar surface area (TPSA) is 29.5 Å². The summed E-state index contributed by atoms with van der Waals surface area (Å²) >= 11 is 0. The zero-order valence-corrected chi connectivity index (χ0v) is 11.3. The Bertz CT molecular complexity index is 564. The standard InChI is InChI=1S/C17H20O2/c1-12-6-9-16(18)17(10-12)19-15-8-7-13-4-2-3-5-14(13)11-15/h2-5,7-8,11-12,16-18H,6,9-10H2,1H3. The number of rotatable bonds is 2. The summed E-state index contributed by atoms with van der Waals surface area (Å²) in [5.41, 5.74) is 0. The highest BCUT2D eigenvalue weighted by atomic mass is 16.5. The normalized spacial score (nSPS) is 27.4. The monoisotopic (exact) mass is 256 g/mol. The second-order valence-electron chi connectivity index (χ2n) is 5.65. The minimum absolute atomic E-state index is 0.0649. The van der Waals surface area contributed by atoms with Crippen molar-refractivity contribution >= 4 is 10.8 Å². The Labute approximate surface area is 114 Å². The molecule has 1 aliphatic rings. The molecule has 1 fully saturated rings. The highest BCUT2D eigenvalue weighted by Crippen LogP contribution is 2.29. The van der Waals surface area contributed by atoms with Gasteiger partial charge in [-0.05, 0) is 48.1 Å². The highest BCUT2D eigenvalue weighted by Gasteiger charge is 2.28. The van der Waals surface area contributed by atoms with Crippen molar-refractivity contribution in [3.63, 3.8) is 0 Å². The highest BCUT2D eigenvalue weighted by molar-refractivity contribution is 5.83. The summed E-state index contributed by atoms with van der Waals surface area (Å²) in [6, 6.07) is 14.4. The first-order chi connectivity index (χ1) is 9.22. The molecule has 2 aromatic carbocycles. The average Bonchev–Trinajstić information content (AvgIpc) is 2.43. The Hall–Kier alpha value is -1.54. The lowest BCUT2D eigenvalue weighted by Gasteiger charge is -2.31. The van der Waals surface area contributed by atoms with E-state index in [1.807, 2.05) is 18.2 Å². The van der Waals surface area contributed by atoms with Gasteiger partial charge in [-0.2, -0.15) is 0 Å². The minimum Gasteiger partial charge on any atom is -0.488 e. The van der Waals surface area contributed by atoms with E-state index in [-0.39, 0.29) is 12.2 Å². The predicted molar refractivity (Wildman–Crippen MR) is 77.4 cm³/mol. The molecular weight excluding hydrogens is 236 g/mol. The van der Waals surface area contributed by atoms with Gasteiger partial charge in [0.1, 0.15) is 11.9 Å². The van der Waals surface area contributed by atoms with Gasteiger partial charge in [-0.15, -0.1) is 0 Å². The van der Waals surface area contributed by atoms with Gasteiger partial charge in [0.15, 0.2) is 0 Å². The number of ether oxygens (including phenoxy) is 1. The zero-order valence-electron chi connectivity index (χ0n) is 11.3. The zero-order chi connectivity index (χ0) is 13.2. The summed E-state index contributed by atoms with van der Waals surface area (Å²) in [7, 11) is 0. The molecule has 2 nitrogen and oxygen atoms in total. The van der Waals surface area contributed by atoms with E-state index < -0.39 is 0 Å². The molecule has 3 rings (SSSR count). The largest absolute Gasteiger partial charge is 0.488 e. The molecule has 0 radical (unpaired) electrons. The van der Waals surface area contributed by atoms with E-state index in [1.165, 1.54) is 10.8 Å². The van der Waals surface area contributed by atoms with Crippen LogP contribution in [0.1, 0.15) is 26.2 Å². The Kier molecular flexibility index (Phi) is 3.43. The molecule has 1 aliphatic carbocycles. The second kappa shape index (κ2) is 5.22. The molecule has 1 saturated carbocycles. The van der Waals surface area contributed by atoms with Crippen LogP contribution in [0.4, 0.5) is 0 Å². The van der Waals surface area contributed by atoms with Crippen molar-refractivity contribution in [2.24, 2.45) is 5.92 Å². The van der Waals surface area contributed by atoms with Gasteiger partial charge in [0.25, 0.3) is 0 Å². The summed E-state index contributed by atoms with van der Waals surface area (Å²) < 4.78 is 6.00. The van der Waals surface area contributed by atoms with E-state index in [0.717, 1.165) is 25.0 Å². The SMILES string of the molecule is CC1CCC(O)C(Oc2ccc3ccccc3c2)C1. The first-order valence-corrected chi connectivity index (χ1v) is 7.06. The maximum Gasteiger partial charge on any atom is 0.125 e. The smallest absolute Gasteiger partial charge is 0.125 e. The summed E-state index contributed by atoms with van der Waals surface area (Å²) in [5.74, 6) is 1.49. The van der Waals surface area contributed by atoms with Crippen molar-refractivity contribution in [1.82, 2.24) is 0 Å². The van der Waals surface area contributed by atoms with Crippen LogP contribution in [-0.2, 0) is 0 Å². The van der Waals surface area contributed by atoms with Crippen LogP contribution in [0.5, 0.6) is 5.75 Å². The number of aliphatic hydroxyl groups is 1. The van der Waals surface area contributed by atoms with Gasteiger partial charge in [-0.3, -0.25) is 0 Å². The number of fused-ring (bicyclic) bond motifs is 1. The van der Waals surface area contributed by atoms with Crippen molar-refractivity contribution in [3.8, 4) is 5.75 Å². The molecule has 100 valence electrons. The van der Waals surface area contributed by atoms with Gasteiger partial charge in [-0.1, -0.05) is 37.3 Å². The Morgan fingerprint density at radius 2 is 1.84 bits per heavy atom. The first kappa shape index (κ1) is 12.5. The quantitative estimate of drug-likeness (QED) is 0.886. The van der Waals surface area contributed by atoms with Crippen molar-refractivity contribution in [1.29, 1.82) is 0 Å². The van der Waals surface area contributed by atoms with Crippen molar-refractivity contribution in [3.05, 3.63) is 42.5 Å². The van der Waals surface area contributed by atoms with Crippen molar-refractivity contribution < 1.29 is 9.84 Å². The molecule has 0 amide bonds. The minimum atomic E-state index is -0.331. The molecule has 0 aliphatic heterocycles. The first-order valence-electron chi connectivity index (χ1n) is 7.06. The number of benzene rings is 2. The third kappa shape index (κ3) is 2.74. The molecule has 0 saturated heterocycles. The number of aliphatic hydroxyl groups excluding tert-OH is 1. The van der Waals surface area contributed by atoms with E-state index in [4.69, 9.17) is 4.74 Å². The van der Waals surface area contributed by atoms with Crippen LogP contribution in [0, 0.1) is 5.92 Å². The van der Waals surface area contributed by atoms with Crippen LogP contribution >= 0.6 is 0 Å². The maximum atomic E-state index is 10.0. The fourth-order valence-corrected chi connectivity index (χ4v) is 2.85. The second-order valence-corrected chi connectivity index (χ2v) is 5.65. The van der Waals surface area contributed by atoms with Crippen molar-refractivity contribution in [2.75, 3.05) is 0 Å². The van der Waals surface area contributed by atoms with Crippen LogP contribution in [0.15, 0.2) is 42.5 Å². The lowest BCUT2D eigenvalue weighted by atomic mass is 9.86. The van der Waals surface area contributed by atoms with E-state index in [1.54, 1.807) is 0 Å². The van der Waals surface area contributed by atoms with Gasteiger partial charge < -0.3 is 9.84 Å². The molecule has 3 unspecified atom stereocenters. The van der Waals surface area contributed by atoms with Crippen LogP contribution < -0.4 is 4.74 Å². The van der Waals surface area contributed by atoms with Gasteiger partial charge >= 0.3 is 0 Å². The maximum absolute atomic E-state index is 10.0. The molecule has 0 bridgehead atoms. The third-order valence-corrected chi connectivity index (χ3v) is 4.03. The molecule has 2 aromatic rings. The van der Waals surface area contributed by atoms with Crippen LogP contribution in [0.2, 0.25) is 0 Å². The fourth-order valence-electron chi connectivity index (χ4n) is 2.85. The fraction of sp³-hybridized carbons (Fsp3) is 0.412. The molecule has 19 heavy (non-hydrogen) atoms. The summed E-state index contributed by atoms with van der Waals surface area (Å²) in [6.45, 7) is 2.22. The molecule has 1 N–H and O–H groups in total. The van der Waals surface area contributed by atoms with Gasteiger partial charge in [0.2, 0.25) is 0 Å². The summed E-state index contributed by atoms with van der Waals surface area (Å²) in [5, 5.41) is 12.4. The van der Waals surface area contributed by atoms with E-state index >= 15 is 0 Å². The Morgan fingerprint density at radius 3 is 2.68 bits per heavy atom. The van der Waals surface area contributed by atoms with E-state index in [9.17, 15) is 5.11 Å². The Morgan fingerprint density at radius 1 is 1.05 bits per heavy atom. The third-order valence-electron chi connectivity index (χ3n) is 4.03. The molecule has 2 heteroatoms. The summed E-state index contributed by atoms with van der Waals surface area (Å²) in [4.78, 5) is 0. The van der Waals surface area contributed by atoms with Crippen LogP contribution in [0.3, 0.4) is 0 Å². The number of hydrogen-bond donors (Lipinski definition) is 1. The average molecular weight is 256 g/mol. The van der Waals surface area contributed by atoms with E-state index in [2.05, 4.69) is 31.2 Å². The molecular formula is C17H20O2. The van der Waals surface area contributed by atoms with Gasteiger partial charge in [0, 0.05) is 0 Å².